The van der Waals surface area contributed by atoms with E-state index >= 15 is 0 Å². The lowest BCUT2D eigenvalue weighted by atomic mass is 9.95. The summed E-state index contributed by atoms with van der Waals surface area (Å²) in [6.07, 6.45) is -15.7. The lowest BCUT2D eigenvalue weighted by molar-refractivity contribution is -0.330. The van der Waals surface area contributed by atoms with Crippen LogP contribution < -0.4 is 5.32 Å². The quantitative estimate of drug-likeness (QED) is 0.674. The van der Waals surface area contributed by atoms with Crippen LogP contribution in [0.1, 0.15) is 33.6 Å². The minimum atomic E-state index is -5.53. The zero-order valence-electron chi connectivity index (χ0n) is 12.1. The number of alkyl halides is 6. The van der Waals surface area contributed by atoms with Gasteiger partial charge in [-0.1, -0.05) is 6.92 Å². The first-order chi connectivity index (χ1) is 9.35. The van der Waals surface area contributed by atoms with Crippen molar-refractivity contribution < 1.29 is 36.2 Å². The first kappa shape index (κ1) is 20.5. The van der Waals surface area contributed by atoms with Gasteiger partial charge in [0.2, 0.25) is 6.10 Å². The monoisotopic (exact) mass is 325 g/mol. The molecule has 0 aliphatic carbocycles. The number of hydrogen-bond acceptors (Lipinski definition) is 3. The van der Waals surface area contributed by atoms with Gasteiger partial charge in [-0.3, -0.25) is 0 Å². The molecule has 21 heavy (non-hydrogen) atoms. The first-order valence-corrected chi connectivity index (χ1v) is 6.50. The smallest absolute Gasteiger partial charge is 0.394 e. The van der Waals surface area contributed by atoms with Crippen LogP contribution in [0.15, 0.2) is 0 Å². The fourth-order valence-electron chi connectivity index (χ4n) is 1.87. The zero-order valence-corrected chi connectivity index (χ0v) is 12.1. The molecular formula is C12H21F6NO2. The molecule has 0 amide bonds. The van der Waals surface area contributed by atoms with Gasteiger partial charge < -0.3 is 15.2 Å². The van der Waals surface area contributed by atoms with Gasteiger partial charge in [0.05, 0.1) is 12.7 Å². The molecule has 2 N–H and O–H groups in total. The fourth-order valence-corrected chi connectivity index (χ4v) is 1.87. The summed E-state index contributed by atoms with van der Waals surface area (Å²) in [4.78, 5) is 0. The van der Waals surface area contributed by atoms with Crippen molar-refractivity contribution in [1.29, 1.82) is 0 Å². The Kier molecular flexibility index (Phi) is 7.44. The SMILES string of the molecule is CCCNC(C)(CO)CC(C)OC(C(F)(F)F)C(F)(F)F. The number of halogens is 6. The van der Waals surface area contributed by atoms with Crippen molar-refractivity contribution in [1.82, 2.24) is 5.32 Å². The topological polar surface area (TPSA) is 41.5 Å². The molecule has 0 saturated carbocycles. The van der Waals surface area contributed by atoms with Crippen LogP contribution in [0, 0.1) is 0 Å². The Morgan fingerprint density at radius 2 is 1.57 bits per heavy atom. The second-order valence-electron chi connectivity index (χ2n) is 5.26. The Bertz CT molecular complexity index is 293. The molecule has 3 nitrogen and oxygen atoms in total. The van der Waals surface area contributed by atoms with Crippen LogP contribution in [0.5, 0.6) is 0 Å². The first-order valence-electron chi connectivity index (χ1n) is 6.50. The van der Waals surface area contributed by atoms with Gasteiger partial charge in [0.15, 0.2) is 0 Å². The fraction of sp³-hybridized carbons (Fsp3) is 1.00. The van der Waals surface area contributed by atoms with Gasteiger partial charge in [-0.05, 0) is 33.2 Å². The third-order valence-corrected chi connectivity index (χ3v) is 2.85. The Morgan fingerprint density at radius 1 is 1.10 bits per heavy atom. The van der Waals surface area contributed by atoms with Gasteiger partial charge in [0.1, 0.15) is 0 Å². The molecule has 0 aromatic heterocycles. The van der Waals surface area contributed by atoms with E-state index in [1.165, 1.54) is 6.92 Å². The highest BCUT2D eigenvalue weighted by Crippen LogP contribution is 2.37. The summed E-state index contributed by atoms with van der Waals surface area (Å²) in [5, 5.41) is 12.1. The predicted octanol–water partition coefficient (Wildman–Crippen LogP) is 3.03. The van der Waals surface area contributed by atoms with Crippen molar-refractivity contribution in [2.75, 3.05) is 13.2 Å². The van der Waals surface area contributed by atoms with Crippen molar-refractivity contribution in [3.8, 4) is 0 Å². The molecule has 0 rings (SSSR count). The van der Waals surface area contributed by atoms with Crippen molar-refractivity contribution >= 4 is 0 Å². The molecule has 0 spiro atoms. The van der Waals surface area contributed by atoms with E-state index in [0.29, 0.717) is 13.0 Å². The Labute approximate surface area is 119 Å². The summed E-state index contributed by atoms with van der Waals surface area (Å²) in [6.45, 7) is 4.52. The molecular weight excluding hydrogens is 304 g/mol. The van der Waals surface area contributed by atoms with E-state index in [2.05, 4.69) is 10.1 Å². The van der Waals surface area contributed by atoms with Gasteiger partial charge >= 0.3 is 12.4 Å². The molecule has 0 saturated heterocycles. The van der Waals surface area contributed by atoms with Crippen LogP contribution in [-0.2, 0) is 4.74 Å². The third-order valence-electron chi connectivity index (χ3n) is 2.85. The molecule has 0 aliphatic rings. The van der Waals surface area contributed by atoms with E-state index in [-0.39, 0.29) is 6.42 Å². The number of aliphatic hydroxyl groups excluding tert-OH is 1. The van der Waals surface area contributed by atoms with Crippen molar-refractivity contribution in [2.45, 2.75) is 63.7 Å². The highest BCUT2D eigenvalue weighted by molar-refractivity contribution is 4.86. The van der Waals surface area contributed by atoms with Gasteiger partial charge in [0, 0.05) is 5.54 Å². The molecule has 0 radical (unpaired) electrons. The lowest BCUT2D eigenvalue weighted by Crippen LogP contribution is -2.51. The van der Waals surface area contributed by atoms with Crippen molar-refractivity contribution in [2.24, 2.45) is 0 Å². The van der Waals surface area contributed by atoms with Crippen LogP contribution >= 0.6 is 0 Å². The predicted molar refractivity (Wildman–Crippen MR) is 64.8 cm³/mol. The van der Waals surface area contributed by atoms with E-state index in [0.717, 1.165) is 6.92 Å². The Hall–Kier alpha value is -0.540. The number of hydrogen-bond donors (Lipinski definition) is 2. The van der Waals surface area contributed by atoms with E-state index in [9.17, 15) is 31.4 Å². The van der Waals surface area contributed by atoms with Gasteiger partial charge in [-0.15, -0.1) is 0 Å². The molecule has 0 heterocycles. The summed E-state index contributed by atoms with van der Waals surface area (Å²) < 4.78 is 78.5. The molecule has 0 bridgehead atoms. The summed E-state index contributed by atoms with van der Waals surface area (Å²) in [5.41, 5.74) is -1.00. The molecule has 9 heteroatoms. The van der Waals surface area contributed by atoms with Crippen LogP contribution in [-0.4, -0.2) is 48.4 Å². The van der Waals surface area contributed by atoms with Crippen LogP contribution in [0.25, 0.3) is 0 Å². The van der Waals surface area contributed by atoms with Crippen LogP contribution in [0.4, 0.5) is 26.3 Å². The molecule has 2 unspecified atom stereocenters. The minimum Gasteiger partial charge on any atom is -0.394 e. The van der Waals surface area contributed by atoms with Crippen LogP contribution in [0.3, 0.4) is 0 Å². The summed E-state index contributed by atoms with van der Waals surface area (Å²) >= 11 is 0. The third kappa shape index (κ3) is 7.32. The second-order valence-corrected chi connectivity index (χ2v) is 5.26. The number of rotatable bonds is 8. The van der Waals surface area contributed by atoms with Gasteiger partial charge in [-0.25, -0.2) is 0 Å². The summed E-state index contributed by atoms with van der Waals surface area (Å²) in [6, 6.07) is 0. The van der Waals surface area contributed by atoms with E-state index < -0.39 is 36.7 Å². The number of nitrogens with one attached hydrogen (secondary N) is 1. The highest BCUT2D eigenvalue weighted by Gasteiger charge is 2.58. The Balaban J connectivity index is 4.81. The molecule has 2 atom stereocenters. The largest absolute Gasteiger partial charge is 0.423 e. The van der Waals surface area contributed by atoms with E-state index in [4.69, 9.17) is 0 Å². The van der Waals surface area contributed by atoms with Crippen LogP contribution in [0.2, 0.25) is 0 Å². The molecule has 0 aromatic rings. The van der Waals surface area contributed by atoms with E-state index in [1.807, 2.05) is 6.92 Å². The second kappa shape index (κ2) is 7.64. The maximum atomic E-state index is 12.4. The standard InChI is InChI=1S/C12H21F6NO2/c1-4-5-19-10(3,7-20)6-8(2)21-9(11(13,14)15)12(16,17)18/h8-9,19-20H,4-7H2,1-3H3. The number of ether oxygens (including phenoxy) is 1. The summed E-state index contributed by atoms with van der Waals surface area (Å²) in [7, 11) is 0. The Morgan fingerprint density at radius 3 is 1.90 bits per heavy atom. The maximum Gasteiger partial charge on any atom is 0.423 e. The molecule has 128 valence electrons. The zero-order chi connectivity index (χ0) is 16.9. The highest BCUT2D eigenvalue weighted by atomic mass is 19.4. The van der Waals surface area contributed by atoms with Gasteiger partial charge in [0.25, 0.3) is 0 Å². The molecule has 0 aliphatic heterocycles. The summed E-state index contributed by atoms with van der Waals surface area (Å²) in [5.74, 6) is 0. The number of aliphatic hydroxyl groups is 1. The van der Waals surface area contributed by atoms with Gasteiger partial charge in [-0.2, -0.15) is 26.3 Å². The maximum absolute atomic E-state index is 12.4. The average molecular weight is 325 g/mol. The lowest BCUT2D eigenvalue weighted by Gasteiger charge is -2.33. The van der Waals surface area contributed by atoms with Crippen molar-refractivity contribution in [3.63, 3.8) is 0 Å². The molecule has 0 aromatic carbocycles. The minimum absolute atomic E-state index is 0.188. The normalized spacial score (nSPS) is 17.9. The molecule has 0 fully saturated rings. The van der Waals surface area contributed by atoms with E-state index in [1.54, 1.807) is 0 Å². The van der Waals surface area contributed by atoms with Crippen molar-refractivity contribution in [3.05, 3.63) is 0 Å². The average Bonchev–Trinajstić information content (AvgIpc) is 2.31.